The van der Waals surface area contributed by atoms with Crippen LogP contribution in [-0.2, 0) is 6.54 Å². The molecule has 3 rings (SSSR count). The van der Waals surface area contributed by atoms with Gasteiger partial charge in [-0.1, -0.05) is 6.07 Å². The van der Waals surface area contributed by atoms with Crippen molar-refractivity contribution in [1.29, 1.82) is 10.9 Å². The van der Waals surface area contributed by atoms with Crippen LogP contribution in [0.25, 0.3) is 10.9 Å². The smallest absolute Gasteiger partial charge is 0.173 e. The third kappa shape index (κ3) is 2.50. The van der Waals surface area contributed by atoms with Gasteiger partial charge in [0.2, 0.25) is 0 Å². The van der Waals surface area contributed by atoms with Crippen molar-refractivity contribution in [1.82, 2.24) is 4.57 Å². The van der Waals surface area contributed by atoms with Crippen LogP contribution in [-0.4, -0.2) is 10.4 Å². The number of amidine groups is 1. The van der Waals surface area contributed by atoms with Gasteiger partial charge in [-0.3, -0.25) is 5.41 Å². The summed E-state index contributed by atoms with van der Waals surface area (Å²) in [5.41, 5.74) is 9.01. The van der Waals surface area contributed by atoms with E-state index in [0.29, 0.717) is 17.7 Å². The summed E-state index contributed by atoms with van der Waals surface area (Å²) < 4.78 is 28.1. The highest BCUT2D eigenvalue weighted by Gasteiger charge is 2.07. The molecule has 6 heteroatoms. The Hall–Kier alpha value is -2.89. The molecule has 110 valence electrons. The predicted octanol–water partition coefficient (Wildman–Crippen LogP) is 4.32. The minimum Gasteiger partial charge on any atom is -0.343 e. The lowest BCUT2D eigenvalue weighted by atomic mass is 10.1. The van der Waals surface area contributed by atoms with Gasteiger partial charge in [-0.2, -0.15) is 0 Å². The lowest BCUT2D eigenvalue weighted by molar-refractivity contribution is 0.506. The first kappa shape index (κ1) is 14.1. The molecule has 1 aromatic heterocycles. The maximum atomic E-state index is 13.3. The van der Waals surface area contributed by atoms with E-state index in [9.17, 15) is 8.78 Å². The minimum absolute atomic E-state index is 0.102. The Kier molecular flexibility index (Phi) is 3.50. The molecule has 0 saturated carbocycles. The average Bonchev–Trinajstić information content (AvgIpc) is 2.92. The zero-order chi connectivity index (χ0) is 15.7. The predicted molar refractivity (Wildman–Crippen MR) is 79.4 cm³/mol. The molecule has 0 aliphatic heterocycles. The van der Waals surface area contributed by atoms with Crippen molar-refractivity contribution in [2.45, 2.75) is 6.54 Å². The summed E-state index contributed by atoms with van der Waals surface area (Å²) in [5.74, 6) is -1.82. The van der Waals surface area contributed by atoms with E-state index < -0.39 is 11.6 Å². The van der Waals surface area contributed by atoms with E-state index in [2.05, 4.69) is 5.11 Å². The van der Waals surface area contributed by atoms with E-state index in [-0.39, 0.29) is 5.84 Å². The average molecular weight is 298 g/mol. The van der Waals surface area contributed by atoms with E-state index in [0.717, 1.165) is 17.0 Å². The first-order valence-corrected chi connectivity index (χ1v) is 6.57. The van der Waals surface area contributed by atoms with Gasteiger partial charge in [-0.15, -0.1) is 5.11 Å². The monoisotopic (exact) mass is 298 g/mol. The Balaban J connectivity index is 1.96. The summed E-state index contributed by atoms with van der Waals surface area (Å²) in [6.45, 7) is 0.417. The number of aromatic nitrogens is 1. The van der Waals surface area contributed by atoms with Crippen LogP contribution in [0.3, 0.4) is 0 Å². The van der Waals surface area contributed by atoms with Crippen LogP contribution >= 0.6 is 0 Å². The second kappa shape index (κ2) is 5.48. The Morgan fingerprint density at radius 2 is 1.86 bits per heavy atom. The van der Waals surface area contributed by atoms with Crippen molar-refractivity contribution in [3.05, 3.63) is 71.4 Å². The molecule has 0 bridgehead atoms. The lowest BCUT2D eigenvalue weighted by Gasteiger charge is -2.07. The molecule has 0 radical (unpaired) electrons. The molecule has 22 heavy (non-hydrogen) atoms. The van der Waals surface area contributed by atoms with Crippen molar-refractivity contribution in [3.8, 4) is 0 Å². The number of hydrogen-bond acceptors (Lipinski definition) is 2. The number of fused-ring (bicyclic) bond motifs is 1. The molecule has 2 aromatic carbocycles. The molecule has 2 N–H and O–H groups in total. The molecule has 0 aliphatic carbocycles. The third-order valence-electron chi connectivity index (χ3n) is 3.49. The minimum atomic E-state index is -0.859. The highest BCUT2D eigenvalue weighted by atomic mass is 19.2. The van der Waals surface area contributed by atoms with Gasteiger partial charge < -0.3 is 4.57 Å². The Morgan fingerprint density at radius 3 is 2.59 bits per heavy atom. The van der Waals surface area contributed by atoms with Crippen LogP contribution in [0.2, 0.25) is 0 Å². The molecule has 3 aromatic rings. The Labute approximate surface area is 125 Å². The number of rotatable bonds is 3. The number of benzene rings is 2. The summed E-state index contributed by atoms with van der Waals surface area (Å²) in [6, 6.07) is 11.0. The van der Waals surface area contributed by atoms with Gasteiger partial charge in [0.25, 0.3) is 0 Å². The molecule has 0 amide bonds. The van der Waals surface area contributed by atoms with Crippen molar-refractivity contribution in [2.75, 3.05) is 0 Å². The fourth-order valence-electron chi connectivity index (χ4n) is 2.38. The maximum absolute atomic E-state index is 13.3. The van der Waals surface area contributed by atoms with Gasteiger partial charge in [0.1, 0.15) is 0 Å². The first-order valence-electron chi connectivity index (χ1n) is 6.57. The molecule has 0 aliphatic rings. The van der Waals surface area contributed by atoms with E-state index in [1.54, 1.807) is 18.2 Å². The summed E-state index contributed by atoms with van der Waals surface area (Å²) in [6.07, 6.45) is 1.84. The molecule has 0 fully saturated rings. The zero-order valence-corrected chi connectivity index (χ0v) is 11.5. The van der Waals surface area contributed by atoms with Crippen LogP contribution in [0.4, 0.5) is 8.78 Å². The fraction of sp³-hybridized carbons (Fsp3) is 0.0625. The molecule has 0 atom stereocenters. The molecule has 0 spiro atoms. The van der Waals surface area contributed by atoms with E-state index in [4.69, 9.17) is 10.9 Å². The van der Waals surface area contributed by atoms with Crippen LogP contribution in [0.15, 0.2) is 53.8 Å². The lowest BCUT2D eigenvalue weighted by Crippen LogP contribution is -2.00. The summed E-state index contributed by atoms with van der Waals surface area (Å²) in [4.78, 5) is 0. The van der Waals surface area contributed by atoms with Gasteiger partial charge in [0, 0.05) is 29.2 Å². The topological polar surface area (TPSA) is 65.0 Å². The Morgan fingerprint density at radius 1 is 1.05 bits per heavy atom. The highest BCUT2D eigenvalue weighted by Crippen LogP contribution is 2.20. The second-order valence-electron chi connectivity index (χ2n) is 4.93. The van der Waals surface area contributed by atoms with Crippen molar-refractivity contribution < 1.29 is 8.78 Å². The largest absolute Gasteiger partial charge is 0.343 e. The number of nitrogens with one attached hydrogen (secondary N) is 2. The van der Waals surface area contributed by atoms with Gasteiger partial charge in [-0.25, -0.2) is 14.3 Å². The first-order chi connectivity index (χ1) is 10.6. The van der Waals surface area contributed by atoms with Crippen LogP contribution in [0, 0.1) is 22.6 Å². The SMILES string of the molecule is N=NC(=N)c1ccc2c(ccn2Cc2ccc(F)c(F)c2)c1. The molecule has 4 nitrogen and oxygen atoms in total. The van der Waals surface area contributed by atoms with Crippen molar-refractivity contribution in [2.24, 2.45) is 5.11 Å². The third-order valence-corrected chi connectivity index (χ3v) is 3.49. The molecular formula is C16H12F2N4. The summed E-state index contributed by atoms with van der Waals surface area (Å²) >= 11 is 0. The zero-order valence-electron chi connectivity index (χ0n) is 11.5. The fourth-order valence-corrected chi connectivity index (χ4v) is 2.38. The van der Waals surface area contributed by atoms with E-state index in [1.807, 2.05) is 22.9 Å². The highest BCUT2D eigenvalue weighted by molar-refractivity contribution is 5.99. The standard InChI is InChI=1S/C16H12F2N4/c17-13-3-1-10(7-14(13)18)9-22-6-5-11-8-12(16(19)21-20)2-4-15(11)22/h1-8,19-20H,9H2. The molecule has 1 heterocycles. The van der Waals surface area contributed by atoms with Crippen LogP contribution < -0.4 is 0 Å². The maximum Gasteiger partial charge on any atom is 0.173 e. The van der Waals surface area contributed by atoms with Gasteiger partial charge >= 0.3 is 0 Å². The molecule has 0 saturated heterocycles. The number of nitrogens with zero attached hydrogens (tertiary/aromatic N) is 2. The summed E-state index contributed by atoms with van der Waals surface area (Å²) in [5, 5.41) is 11.5. The van der Waals surface area contributed by atoms with Gasteiger partial charge in [-0.05, 0) is 42.0 Å². The summed E-state index contributed by atoms with van der Waals surface area (Å²) in [7, 11) is 0. The van der Waals surface area contributed by atoms with Crippen molar-refractivity contribution >= 4 is 16.7 Å². The van der Waals surface area contributed by atoms with Crippen molar-refractivity contribution in [3.63, 3.8) is 0 Å². The normalized spacial score (nSPS) is 10.8. The Bertz CT molecular complexity index is 883. The van der Waals surface area contributed by atoms with Gasteiger partial charge in [0.05, 0.1) is 0 Å². The quantitative estimate of drug-likeness (QED) is 0.411. The van der Waals surface area contributed by atoms with Gasteiger partial charge in [0.15, 0.2) is 17.5 Å². The molecule has 0 unspecified atom stereocenters. The van der Waals surface area contributed by atoms with E-state index >= 15 is 0 Å². The second-order valence-corrected chi connectivity index (χ2v) is 4.93. The van der Waals surface area contributed by atoms with Crippen LogP contribution in [0.5, 0.6) is 0 Å². The molecular weight excluding hydrogens is 286 g/mol. The van der Waals surface area contributed by atoms with E-state index in [1.165, 1.54) is 6.07 Å². The van der Waals surface area contributed by atoms with Crippen LogP contribution in [0.1, 0.15) is 11.1 Å². The number of hydrogen-bond donors (Lipinski definition) is 2. The number of halogens is 2.